The fourth-order valence-corrected chi connectivity index (χ4v) is 5.52. The number of hydrogen-bond donors (Lipinski definition) is 2. The summed E-state index contributed by atoms with van der Waals surface area (Å²) in [6.45, 7) is 11.2. The number of nitrogens with one attached hydrogen (secondary N) is 2. The summed E-state index contributed by atoms with van der Waals surface area (Å²) in [5.74, 6) is 1.34. The Labute approximate surface area is 198 Å². The lowest BCUT2D eigenvalue weighted by Gasteiger charge is -2.23. The average molecular weight is 473 g/mol. The third kappa shape index (κ3) is 5.41. The molecule has 0 aliphatic heterocycles. The summed E-state index contributed by atoms with van der Waals surface area (Å²) in [6.07, 6.45) is 4.37. The van der Waals surface area contributed by atoms with Crippen molar-refractivity contribution in [2.45, 2.75) is 65.6 Å². The molecule has 3 aromatic rings. The maximum atomic E-state index is 14.5. The van der Waals surface area contributed by atoms with Gasteiger partial charge in [-0.2, -0.15) is 4.98 Å². The number of aryl methyl sites for hydroxylation is 2. The van der Waals surface area contributed by atoms with E-state index < -0.39 is 5.67 Å². The number of aromatic nitrogens is 4. The van der Waals surface area contributed by atoms with Crippen LogP contribution in [0, 0.1) is 19.8 Å². The fourth-order valence-electron chi connectivity index (χ4n) is 4.41. The van der Waals surface area contributed by atoms with Gasteiger partial charge in [0.2, 0.25) is 5.95 Å². The molecule has 0 saturated heterocycles. The Balaban J connectivity index is 1.67. The molecule has 2 N–H and O–H groups in total. The molecule has 0 radical (unpaired) electrons. The predicted octanol–water partition coefficient (Wildman–Crippen LogP) is 5.54. The zero-order valence-corrected chi connectivity index (χ0v) is 20.9. The molecule has 2 unspecified atom stereocenters. The monoisotopic (exact) mass is 472 g/mol. The number of fused-ring (bicyclic) bond motifs is 1. The highest BCUT2D eigenvalue weighted by atomic mass is 32.1. The van der Waals surface area contributed by atoms with Crippen LogP contribution in [0.15, 0.2) is 12.3 Å². The minimum Gasteiger partial charge on any atom is -0.380 e. The van der Waals surface area contributed by atoms with Crippen molar-refractivity contribution in [3.63, 3.8) is 0 Å². The van der Waals surface area contributed by atoms with Crippen LogP contribution < -0.4 is 10.6 Å². The molecule has 0 amide bonds. The molecule has 178 valence electrons. The summed E-state index contributed by atoms with van der Waals surface area (Å²) in [5, 5.41) is 7.74. The average Bonchev–Trinajstić information content (AvgIpc) is 3.39. The summed E-state index contributed by atoms with van der Waals surface area (Å²) >= 11 is 1.61. The molecular weight excluding hydrogens is 439 g/mol. The first-order valence-corrected chi connectivity index (χ1v) is 12.5. The van der Waals surface area contributed by atoms with E-state index >= 15 is 0 Å². The molecule has 1 aliphatic rings. The van der Waals surface area contributed by atoms with E-state index in [-0.39, 0.29) is 12.0 Å². The molecule has 1 aliphatic carbocycles. The molecule has 1 fully saturated rings. The third-order valence-corrected chi connectivity index (χ3v) is 7.31. The van der Waals surface area contributed by atoms with Crippen LogP contribution in [-0.2, 0) is 4.74 Å². The van der Waals surface area contributed by atoms with Crippen molar-refractivity contribution in [1.82, 2.24) is 19.9 Å². The summed E-state index contributed by atoms with van der Waals surface area (Å²) in [4.78, 5) is 18.8. The van der Waals surface area contributed by atoms with Gasteiger partial charge in [-0.25, -0.2) is 14.4 Å². The second kappa shape index (κ2) is 9.85. The largest absolute Gasteiger partial charge is 0.380 e. The van der Waals surface area contributed by atoms with Crippen LogP contribution in [0.4, 0.5) is 16.2 Å². The number of nitrogens with zero attached hydrogens (tertiary/aromatic N) is 4. The van der Waals surface area contributed by atoms with E-state index in [9.17, 15) is 4.39 Å². The number of anilines is 2. The standard InChI is InChI=1S/C24H33FN6OS/c1-6-32-12-11-27-23-28-14(2)19(22-30-20-15(3)26-10-9-18(20)33-22)21(31-23)29-17-8-7-16(13-17)24(4,5)25/h9-10,16-17H,6-8,11-13H2,1-5H3,(H2,27,28,29,31). The van der Waals surface area contributed by atoms with Crippen molar-refractivity contribution in [2.24, 2.45) is 5.92 Å². The number of ether oxygens (including phenoxy) is 1. The van der Waals surface area contributed by atoms with Gasteiger partial charge in [0.25, 0.3) is 0 Å². The van der Waals surface area contributed by atoms with Gasteiger partial charge in [0.05, 0.1) is 28.3 Å². The minimum atomic E-state index is -1.18. The van der Waals surface area contributed by atoms with Gasteiger partial charge in [0.1, 0.15) is 22.0 Å². The lowest BCUT2D eigenvalue weighted by atomic mass is 9.91. The van der Waals surface area contributed by atoms with Crippen molar-refractivity contribution in [1.29, 1.82) is 0 Å². The van der Waals surface area contributed by atoms with E-state index in [1.165, 1.54) is 0 Å². The molecular formula is C24H33FN6OS. The number of hydrogen-bond acceptors (Lipinski definition) is 8. The second-order valence-electron chi connectivity index (χ2n) is 9.16. The summed E-state index contributed by atoms with van der Waals surface area (Å²) in [7, 11) is 0. The van der Waals surface area contributed by atoms with Gasteiger partial charge < -0.3 is 15.4 Å². The van der Waals surface area contributed by atoms with Gasteiger partial charge >= 0.3 is 0 Å². The Morgan fingerprint density at radius 3 is 2.70 bits per heavy atom. The van der Waals surface area contributed by atoms with E-state index in [1.54, 1.807) is 25.2 Å². The highest BCUT2D eigenvalue weighted by Crippen LogP contribution is 2.40. The van der Waals surface area contributed by atoms with Crippen molar-refractivity contribution in [3.8, 4) is 10.6 Å². The lowest BCUT2D eigenvalue weighted by Crippen LogP contribution is -2.26. The van der Waals surface area contributed by atoms with Gasteiger partial charge in [-0.05, 0) is 65.9 Å². The van der Waals surface area contributed by atoms with Gasteiger partial charge in [-0.3, -0.25) is 4.98 Å². The van der Waals surface area contributed by atoms with Crippen LogP contribution in [0.2, 0.25) is 0 Å². The lowest BCUT2D eigenvalue weighted by molar-refractivity contribution is 0.127. The number of rotatable bonds is 9. The van der Waals surface area contributed by atoms with E-state index in [1.807, 2.05) is 33.0 Å². The van der Waals surface area contributed by atoms with Gasteiger partial charge in [-0.1, -0.05) is 0 Å². The van der Waals surface area contributed by atoms with E-state index in [4.69, 9.17) is 19.7 Å². The Morgan fingerprint density at radius 2 is 2.00 bits per heavy atom. The van der Waals surface area contributed by atoms with Crippen molar-refractivity contribution in [3.05, 3.63) is 23.7 Å². The van der Waals surface area contributed by atoms with E-state index in [0.717, 1.165) is 57.3 Å². The van der Waals surface area contributed by atoms with Gasteiger partial charge in [-0.15, -0.1) is 11.3 Å². The smallest absolute Gasteiger partial charge is 0.224 e. The van der Waals surface area contributed by atoms with Crippen LogP contribution in [0.1, 0.15) is 51.4 Å². The van der Waals surface area contributed by atoms with Crippen LogP contribution in [0.25, 0.3) is 20.8 Å². The number of halogens is 1. The van der Waals surface area contributed by atoms with Crippen molar-refractivity contribution in [2.75, 3.05) is 30.4 Å². The molecule has 0 spiro atoms. The fraction of sp³-hybridized carbons (Fsp3) is 0.583. The molecule has 4 rings (SSSR count). The minimum absolute atomic E-state index is 0.0429. The predicted molar refractivity (Wildman–Crippen MR) is 133 cm³/mol. The van der Waals surface area contributed by atoms with Gasteiger partial charge in [0, 0.05) is 25.4 Å². The first-order valence-electron chi connectivity index (χ1n) is 11.6. The first kappa shape index (κ1) is 23.8. The zero-order chi connectivity index (χ0) is 23.6. The maximum absolute atomic E-state index is 14.5. The SMILES string of the molecule is CCOCCNc1nc(C)c(-c2nc3c(C)nccc3s2)c(NC2CCC(C(C)(C)F)C2)n1. The Bertz CT molecular complexity index is 1110. The first-order chi connectivity index (χ1) is 15.8. The van der Waals surface area contributed by atoms with Crippen LogP contribution in [0.3, 0.4) is 0 Å². The molecule has 7 nitrogen and oxygen atoms in total. The quantitative estimate of drug-likeness (QED) is 0.395. The highest BCUT2D eigenvalue weighted by molar-refractivity contribution is 7.21. The maximum Gasteiger partial charge on any atom is 0.224 e. The highest BCUT2D eigenvalue weighted by Gasteiger charge is 2.36. The molecule has 33 heavy (non-hydrogen) atoms. The molecule has 9 heteroatoms. The Kier molecular flexibility index (Phi) is 7.09. The second-order valence-corrected chi connectivity index (χ2v) is 10.2. The third-order valence-electron chi connectivity index (χ3n) is 6.27. The molecule has 0 bridgehead atoms. The van der Waals surface area contributed by atoms with Crippen LogP contribution >= 0.6 is 11.3 Å². The zero-order valence-electron chi connectivity index (χ0n) is 20.0. The number of pyridine rings is 1. The normalized spacial score (nSPS) is 18.7. The molecule has 0 aromatic carbocycles. The number of alkyl halides is 1. The molecule has 1 saturated carbocycles. The summed E-state index contributed by atoms with van der Waals surface area (Å²) < 4.78 is 21.1. The van der Waals surface area contributed by atoms with E-state index in [2.05, 4.69) is 15.6 Å². The summed E-state index contributed by atoms with van der Waals surface area (Å²) in [6, 6.07) is 2.15. The molecule has 3 heterocycles. The topological polar surface area (TPSA) is 84.8 Å². The van der Waals surface area contributed by atoms with Crippen molar-refractivity contribution >= 4 is 33.3 Å². The molecule has 3 aromatic heterocycles. The van der Waals surface area contributed by atoms with E-state index in [0.29, 0.717) is 25.7 Å². The Morgan fingerprint density at radius 1 is 1.18 bits per heavy atom. The van der Waals surface area contributed by atoms with Crippen molar-refractivity contribution < 1.29 is 9.13 Å². The number of thiazole rings is 1. The van der Waals surface area contributed by atoms with Gasteiger partial charge in [0.15, 0.2) is 0 Å². The van der Waals surface area contributed by atoms with Crippen LogP contribution in [0.5, 0.6) is 0 Å². The van der Waals surface area contributed by atoms with Crippen LogP contribution in [-0.4, -0.2) is 51.4 Å². The molecule has 2 atom stereocenters. The Hall–Kier alpha value is -2.39. The summed E-state index contributed by atoms with van der Waals surface area (Å²) in [5.41, 5.74) is 2.37.